The molecule has 0 aromatic heterocycles. The van der Waals surface area contributed by atoms with Gasteiger partial charge in [-0.3, -0.25) is 0 Å². The van der Waals surface area contributed by atoms with Gasteiger partial charge in [-0.15, -0.1) is 0 Å². The van der Waals surface area contributed by atoms with Gasteiger partial charge in [0.05, 0.1) is 6.10 Å². The first kappa shape index (κ1) is 19.4. The summed E-state index contributed by atoms with van der Waals surface area (Å²) in [5, 5.41) is 18.7. The average Bonchev–Trinajstić information content (AvgIpc) is 2.43. The van der Waals surface area contributed by atoms with E-state index in [1.807, 2.05) is 6.92 Å². The third-order valence-corrected chi connectivity index (χ3v) is 3.49. The fraction of sp³-hybridized carbons (Fsp3) is 0.938. The minimum atomic E-state index is -0.853. The highest BCUT2D eigenvalue weighted by Crippen LogP contribution is 2.11. The monoisotopic (exact) mass is 288 g/mol. The molecule has 0 aromatic rings. The van der Waals surface area contributed by atoms with Gasteiger partial charge in [-0.05, 0) is 25.7 Å². The molecule has 2 atom stereocenters. The number of aliphatic carboxylic acids is 1. The first-order valence-electron chi connectivity index (χ1n) is 8.14. The SMILES string of the molecule is CCCCC(O)CCCCCOC(CCCC)C(=O)O. The van der Waals surface area contributed by atoms with Gasteiger partial charge in [-0.25, -0.2) is 4.79 Å². The maximum atomic E-state index is 11.0. The van der Waals surface area contributed by atoms with Crippen molar-refractivity contribution in [3.05, 3.63) is 0 Å². The maximum Gasteiger partial charge on any atom is 0.332 e. The van der Waals surface area contributed by atoms with Crippen molar-refractivity contribution in [1.29, 1.82) is 0 Å². The molecule has 2 unspecified atom stereocenters. The number of carboxylic acids is 1. The van der Waals surface area contributed by atoms with Crippen LogP contribution < -0.4 is 0 Å². The summed E-state index contributed by atoms with van der Waals surface area (Å²) in [7, 11) is 0. The first-order chi connectivity index (χ1) is 9.61. The molecular weight excluding hydrogens is 256 g/mol. The lowest BCUT2D eigenvalue weighted by Crippen LogP contribution is -2.24. The molecule has 0 saturated carbocycles. The van der Waals surface area contributed by atoms with Crippen molar-refractivity contribution >= 4 is 5.97 Å². The summed E-state index contributed by atoms with van der Waals surface area (Å²) in [6, 6.07) is 0. The minimum Gasteiger partial charge on any atom is -0.479 e. The number of ether oxygens (including phenoxy) is 1. The highest BCUT2D eigenvalue weighted by molar-refractivity contribution is 5.72. The van der Waals surface area contributed by atoms with Crippen molar-refractivity contribution in [2.75, 3.05) is 6.61 Å². The Bertz CT molecular complexity index is 231. The molecule has 0 rings (SSSR count). The highest BCUT2D eigenvalue weighted by Gasteiger charge is 2.16. The van der Waals surface area contributed by atoms with Crippen molar-refractivity contribution < 1.29 is 19.7 Å². The second kappa shape index (κ2) is 13.4. The Morgan fingerprint density at radius 3 is 2.15 bits per heavy atom. The minimum absolute atomic E-state index is 0.174. The molecule has 2 N–H and O–H groups in total. The van der Waals surface area contributed by atoms with Crippen molar-refractivity contribution in [2.45, 2.75) is 90.3 Å². The van der Waals surface area contributed by atoms with Gasteiger partial charge in [0.1, 0.15) is 0 Å². The van der Waals surface area contributed by atoms with E-state index in [0.717, 1.165) is 57.8 Å². The zero-order chi connectivity index (χ0) is 15.2. The van der Waals surface area contributed by atoms with E-state index < -0.39 is 12.1 Å². The van der Waals surface area contributed by atoms with Crippen LogP contribution in [0.3, 0.4) is 0 Å². The molecule has 0 aliphatic heterocycles. The third kappa shape index (κ3) is 11.2. The number of carboxylic acid groups (broad SMARTS) is 1. The fourth-order valence-corrected chi connectivity index (χ4v) is 2.14. The standard InChI is InChI=1S/C16H32O4/c1-3-5-10-14(17)11-8-7-9-13-20-15(16(18)19)12-6-4-2/h14-15,17H,3-13H2,1-2H3,(H,18,19). The summed E-state index contributed by atoms with van der Waals surface area (Å²) >= 11 is 0. The Kier molecular flexibility index (Phi) is 13.0. The van der Waals surface area contributed by atoms with E-state index in [4.69, 9.17) is 9.84 Å². The van der Waals surface area contributed by atoms with Gasteiger partial charge in [-0.2, -0.15) is 0 Å². The Labute approximate surface area is 123 Å². The molecule has 0 aliphatic rings. The van der Waals surface area contributed by atoms with Crippen LogP contribution in [0.2, 0.25) is 0 Å². The normalized spacial score (nSPS) is 14.2. The van der Waals surface area contributed by atoms with Crippen LogP contribution in [0.25, 0.3) is 0 Å². The summed E-state index contributed by atoms with van der Waals surface area (Å²) in [5.74, 6) is -0.853. The number of hydrogen-bond donors (Lipinski definition) is 2. The molecule has 0 spiro atoms. The summed E-state index contributed by atoms with van der Waals surface area (Å²) in [4.78, 5) is 11.0. The van der Waals surface area contributed by atoms with Gasteiger partial charge in [0.2, 0.25) is 0 Å². The zero-order valence-electron chi connectivity index (χ0n) is 13.1. The smallest absolute Gasteiger partial charge is 0.332 e. The predicted molar refractivity (Wildman–Crippen MR) is 80.9 cm³/mol. The second-order valence-electron chi connectivity index (χ2n) is 5.49. The summed E-state index contributed by atoms with van der Waals surface area (Å²) in [5.41, 5.74) is 0. The molecule has 20 heavy (non-hydrogen) atoms. The number of hydrogen-bond acceptors (Lipinski definition) is 3. The summed E-state index contributed by atoms with van der Waals surface area (Å²) in [6.07, 6.45) is 8.45. The van der Waals surface area contributed by atoms with Crippen LogP contribution in [0, 0.1) is 0 Å². The largest absolute Gasteiger partial charge is 0.479 e. The maximum absolute atomic E-state index is 11.0. The second-order valence-corrected chi connectivity index (χ2v) is 5.49. The molecule has 0 saturated heterocycles. The van der Waals surface area contributed by atoms with E-state index in [0.29, 0.717) is 13.0 Å². The number of aliphatic hydroxyl groups is 1. The van der Waals surface area contributed by atoms with E-state index in [9.17, 15) is 9.90 Å². The zero-order valence-corrected chi connectivity index (χ0v) is 13.1. The fourth-order valence-electron chi connectivity index (χ4n) is 2.14. The molecule has 0 heterocycles. The van der Waals surface area contributed by atoms with Crippen LogP contribution in [-0.4, -0.2) is 35.0 Å². The van der Waals surface area contributed by atoms with E-state index in [-0.39, 0.29) is 6.10 Å². The quantitative estimate of drug-likeness (QED) is 0.478. The molecule has 0 aromatic carbocycles. The lowest BCUT2D eigenvalue weighted by atomic mass is 10.1. The Hall–Kier alpha value is -0.610. The van der Waals surface area contributed by atoms with Crippen molar-refractivity contribution in [1.82, 2.24) is 0 Å². The van der Waals surface area contributed by atoms with Gasteiger partial charge in [0.25, 0.3) is 0 Å². The molecule has 4 heteroatoms. The molecule has 0 bridgehead atoms. The Morgan fingerprint density at radius 1 is 0.950 bits per heavy atom. The Morgan fingerprint density at radius 2 is 1.55 bits per heavy atom. The van der Waals surface area contributed by atoms with Gasteiger partial charge < -0.3 is 14.9 Å². The van der Waals surface area contributed by atoms with Gasteiger partial charge in [0, 0.05) is 6.61 Å². The van der Waals surface area contributed by atoms with Crippen molar-refractivity contribution in [3.63, 3.8) is 0 Å². The number of aliphatic hydroxyl groups excluding tert-OH is 1. The third-order valence-electron chi connectivity index (χ3n) is 3.49. The molecule has 0 radical (unpaired) electrons. The van der Waals surface area contributed by atoms with E-state index in [2.05, 4.69) is 6.92 Å². The molecular formula is C16H32O4. The average molecular weight is 288 g/mol. The lowest BCUT2D eigenvalue weighted by Gasteiger charge is -2.13. The summed E-state index contributed by atoms with van der Waals surface area (Å²) in [6.45, 7) is 4.68. The van der Waals surface area contributed by atoms with Crippen LogP contribution in [0.1, 0.15) is 78.1 Å². The molecule has 0 aliphatic carbocycles. The number of rotatable bonds is 14. The highest BCUT2D eigenvalue weighted by atomic mass is 16.5. The first-order valence-corrected chi connectivity index (χ1v) is 8.14. The van der Waals surface area contributed by atoms with Gasteiger partial charge >= 0.3 is 5.97 Å². The molecule has 0 amide bonds. The topological polar surface area (TPSA) is 66.8 Å². The van der Waals surface area contributed by atoms with Gasteiger partial charge in [-0.1, -0.05) is 52.4 Å². The molecule has 120 valence electrons. The van der Waals surface area contributed by atoms with Crippen LogP contribution >= 0.6 is 0 Å². The van der Waals surface area contributed by atoms with E-state index in [1.54, 1.807) is 0 Å². The predicted octanol–water partition coefficient (Wildman–Crippen LogP) is 3.76. The summed E-state index contributed by atoms with van der Waals surface area (Å²) < 4.78 is 5.42. The van der Waals surface area contributed by atoms with Crippen LogP contribution in [0.15, 0.2) is 0 Å². The van der Waals surface area contributed by atoms with Crippen LogP contribution in [0.4, 0.5) is 0 Å². The van der Waals surface area contributed by atoms with Crippen LogP contribution in [-0.2, 0) is 9.53 Å². The molecule has 0 fully saturated rings. The number of unbranched alkanes of at least 4 members (excludes halogenated alkanes) is 4. The molecule has 4 nitrogen and oxygen atoms in total. The van der Waals surface area contributed by atoms with Crippen molar-refractivity contribution in [3.8, 4) is 0 Å². The van der Waals surface area contributed by atoms with E-state index in [1.165, 1.54) is 0 Å². The van der Waals surface area contributed by atoms with Crippen LogP contribution in [0.5, 0.6) is 0 Å². The van der Waals surface area contributed by atoms with Gasteiger partial charge in [0.15, 0.2) is 6.10 Å². The van der Waals surface area contributed by atoms with E-state index >= 15 is 0 Å². The lowest BCUT2D eigenvalue weighted by molar-refractivity contribution is -0.151. The number of carbonyl (C=O) groups is 1. The van der Waals surface area contributed by atoms with Crippen molar-refractivity contribution in [2.24, 2.45) is 0 Å². The Balaban J connectivity index is 3.51.